The van der Waals surface area contributed by atoms with E-state index in [1.807, 2.05) is 6.07 Å². The molecule has 0 bridgehead atoms. The number of alkyl halides is 3. The number of pyridine rings is 1. The molecule has 120 valence electrons. The van der Waals surface area contributed by atoms with Gasteiger partial charge in [0.2, 0.25) is 0 Å². The molecule has 0 amide bonds. The molecule has 0 fully saturated rings. The molecule has 22 heavy (non-hydrogen) atoms. The summed E-state index contributed by atoms with van der Waals surface area (Å²) in [6.45, 7) is 2.18. The molecule has 0 atom stereocenters. The fourth-order valence-corrected chi connectivity index (χ4v) is 2.37. The van der Waals surface area contributed by atoms with Gasteiger partial charge < -0.3 is 9.92 Å². The van der Waals surface area contributed by atoms with E-state index in [2.05, 4.69) is 9.17 Å². The van der Waals surface area contributed by atoms with Crippen molar-refractivity contribution in [2.24, 2.45) is 5.73 Å². The molecule has 0 saturated heterocycles. The normalized spacial score (nSPS) is 12.6. The van der Waals surface area contributed by atoms with Crippen LogP contribution in [0.15, 0.2) is 24.3 Å². The van der Waals surface area contributed by atoms with Gasteiger partial charge in [-0.05, 0) is 43.7 Å². The number of halogens is 3. The van der Waals surface area contributed by atoms with Crippen molar-refractivity contribution in [1.29, 1.82) is 0 Å². The molecule has 0 aliphatic carbocycles. The van der Waals surface area contributed by atoms with Gasteiger partial charge in [-0.1, -0.05) is 0 Å². The molecule has 1 aromatic heterocycles. The Bertz CT molecular complexity index is 804. The molecule has 0 spiro atoms. The van der Waals surface area contributed by atoms with Crippen LogP contribution in [0.1, 0.15) is 11.3 Å². The van der Waals surface area contributed by atoms with Crippen LogP contribution in [0.5, 0.6) is 5.75 Å². The predicted octanol–water partition coefficient (Wildman–Crippen LogP) is 2.27. The van der Waals surface area contributed by atoms with Crippen molar-refractivity contribution in [2.75, 3.05) is 6.54 Å². The number of nitrogens with two attached hydrogens (primary N) is 1. The summed E-state index contributed by atoms with van der Waals surface area (Å²) in [5.41, 5.74) is 1.95. The quantitative estimate of drug-likeness (QED) is 0.685. The van der Waals surface area contributed by atoms with Gasteiger partial charge in [-0.3, -0.25) is 4.98 Å². The molecule has 1 heterocycles. The van der Waals surface area contributed by atoms with E-state index >= 15 is 0 Å². The van der Waals surface area contributed by atoms with Crippen molar-refractivity contribution >= 4 is 21.0 Å². The fraction of sp³-hybridized carbons (Fsp3) is 0.308. The highest BCUT2D eigenvalue weighted by molar-refractivity contribution is 7.88. The number of fused-ring (bicyclic) bond motifs is 1. The lowest BCUT2D eigenvalue weighted by Crippen LogP contribution is -2.28. The first kappa shape index (κ1) is 16.5. The summed E-state index contributed by atoms with van der Waals surface area (Å²) in [5.74, 6) is -0.441. The van der Waals surface area contributed by atoms with Crippen LogP contribution in [0.3, 0.4) is 0 Å². The molecule has 2 rings (SSSR count). The topological polar surface area (TPSA) is 82.3 Å². The second-order valence-electron chi connectivity index (χ2n) is 4.61. The zero-order chi connectivity index (χ0) is 16.5. The standard InChI is InChI=1S/C13H13F3N2O3S/c1-8-9(4-5-17)6-10-2-3-11(7-12(10)18-8)21-22(19,20)13(14,15)16/h2-3,6-7H,4-5,17H2,1H3. The van der Waals surface area contributed by atoms with E-state index in [-0.39, 0.29) is 0 Å². The van der Waals surface area contributed by atoms with E-state index in [1.54, 1.807) is 6.92 Å². The number of aryl methyl sites for hydroxylation is 1. The van der Waals surface area contributed by atoms with E-state index in [4.69, 9.17) is 5.73 Å². The highest BCUT2D eigenvalue weighted by atomic mass is 32.2. The van der Waals surface area contributed by atoms with Crippen LogP contribution >= 0.6 is 0 Å². The van der Waals surface area contributed by atoms with Crippen molar-refractivity contribution in [3.63, 3.8) is 0 Å². The van der Waals surface area contributed by atoms with Crippen molar-refractivity contribution in [1.82, 2.24) is 4.98 Å². The molecule has 0 aliphatic heterocycles. The van der Waals surface area contributed by atoms with Crippen LogP contribution < -0.4 is 9.92 Å². The third-order valence-corrected chi connectivity index (χ3v) is 3.97. The molecule has 1 aromatic carbocycles. The molecule has 2 N–H and O–H groups in total. The maximum absolute atomic E-state index is 12.3. The Kier molecular flexibility index (Phi) is 4.30. The number of rotatable bonds is 4. The van der Waals surface area contributed by atoms with Gasteiger partial charge in [0.05, 0.1) is 5.52 Å². The van der Waals surface area contributed by atoms with Gasteiger partial charge in [0.25, 0.3) is 0 Å². The summed E-state index contributed by atoms with van der Waals surface area (Å²) < 4.78 is 62.9. The molecule has 0 saturated carbocycles. The summed E-state index contributed by atoms with van der Waals surface area (Å²) >= 11 is 0. The summed E-state index contributed by atoms with van der Waals surface area (Å²) in [4.78, 5) is 4.24. The molecule has 2 aromatic rings. The maximum atomic E-state index is 12.3. The number of hydrogen-bond acceptors (Lipinski definition) is 5. The summed E-state index contributed by atoms with van der Waals surface area (Å²) in [6, 6.07) is 5.56. The van der Waals surface area contributed by atoms with Gasteiger partial charge >= 0.3 is 15.6 Å². The molecule has 0 aliphatic rings. The van der Waals surface area contributed by atoms with Crippen molar-refractivity contribution in [3.8, 4) is 5.75 Å². The molecule has 0 unspecified atom stereocenters. The Labute approximate surface area is 125 Å². The molecular weight excluding hydrogens is 321 g/mol. The third-order valence-electron chi connectivity index (χ3n) is 2.99. The summed E-state index contributed by atoms with van der Waals surface area (Å²) in [6.07, 6.45) is 0.621. The SMILES string of the molecule is Cc1nc2cc(OS(=O)(=O)C(F)(F)F)ccc2cc1CCN. The number of aromatic nitrogens is 1. The van der Waals surface area contributed by atoms with E-state index < -0.39 is 21.4 Å². The molecule has 9 heteroatoms. The van der Waals surface area contributed by atoms with E-state index in [1.165, 1.54) is 6.07 Å². The number of nitrogens with zero attached hydrogens (tertiary/aromatic N) is 1. The minimum atomic E-state index is -5.69. The Morgan fingerprint density at radius 1 is 1.27 bits per heavy atom. The van der Waals surface area contributed by atoms with Gasteiger partial charge in [0.1, 0.15) is 5.75 Å². The Hall–Kier alpha value is -1.87. The monoisotopic (exact) mass is 334 g/mol. The number of hydrogen-bond donors (Lipinski definition) is 1. The maximum Gasteiger partial charge on any atom is 0.534 e. The zero-order valence-electron chi connectivity index (χ0n) is 11.5. The predicted molar refractivity (Wildman–Crippen MR) is 74.8 cm³/mol. The third kappa shape index (κ3) is 3.30. The Morgan fingerprint density at radius 3 is 2.55 bits per heavy atom. The highest BCUT2D eigenvalue weighted by Crippen LogP contribution is 2.29. The minimum absolute atomic E-state index is 0.341. The average molecular weight is 334 g/mol. The lowest BCUT2D eigenvalue weighted by Gasteiger charge is -2.11. The second-order valence-corrected chi connectivity index (χ2v) is 6.15. The lowest BCUT2D eigenvalue weighted by atomic mass is 10.1. The van der Waals surface area contributed by atoms with Crippen LogP contribution in [0.4, 0.5) is 13.2 Å². The molecule has 0 radical (unpaired) electrons. The summed E-state index contributed by atoms with van der Waals surface area (Å²) in [5, 5.41) is 0.658. The van der Waals surface area contributed by atoms with Gasteiger partial charge in [0.15, 0.2) is 0 Å². The van der Waals surface area contributed by atoms with Crippen LogP contribution in [-0.4, -0.2) is 25.5 Å². The minimum Gasteiger partial charge on any atom is -0.376 e. The highest BCUT2D eigenvalue weighted by Gasteiger charge is 2.48. The van der Waals surface area contributed by atoms with E-state index in [0.717, 1.165) is 17.7 Å². The lowest BCUT2D eigenvalue weighted by molar-refractivity contribution is -0.0500. The number of benzene rings is 1. The van der Waals surface area contributed by atoms with E-state index in [9.17, 15) is 21.6 Å². The van der Waals surface area contributed by atoms with Gasteiger partial charge in [-0.2, -0.15) is 21.6 Å². The Morgan fingerprint density at radius 2 is 1.95 bits per heavy atom. The molecule has 5 nitrogen and oxygen atoms in total. The fourth-order valence-electron chi connectivity index (χ4n) is 1.92. The smallest absolute Gasteiger partial charge is 0.376 e. The zero-order valence-corrected chi connectivity index (χ0v) is 12.3. The Balaban J connectivity index is 2.42. The summed E-state index contributed by atoms with van der Waals surface area (Å²) in [7, 11) is -5.69. The van der Waals surface area contributed by atoms with Crippen molar-refractivity contribution < 1.29 is 25.8 Å². The van der Waals surface area contributed by atoms with Crippen LogP contribution in [0.25, 0.3) is 10.9 Å². The largest absolute Gasteiger partial charge is 0.534 e. The van der Waals surface area contributed by atoms with Crippen molar-refractivity contribution in [3.05, 3.63) is 35.5 Å². The molecular formula is C13H13F3N2O3S. The van der Waals surface area contributed by atoms with Crippen molar-refractivity contribution in [2.45, 2.75) is 18.9 Å². The first-order valence-electron chi connectivity index (χ1n) is 6.25. The van der Waals surface area contributed by atoms with E-state index in [0.29, 0.717) is 29.6 Å². The van der Waals surface area contributed by atoms with Gasteiger partial charge in [-0.25, -0.2) is 0 Å². The van der Waals surface area contributed by atoms with Crippen LogP contribution in [0, 0.1) is 6.92 Å². The van der Waals surface area contributed by atoms with Crippen LogP contribution in [-0.2, 0) is 16.5 Å². The van der Waals surface area contributed by atoms with Gasteiger partial charge in [0, 0.05) is 17.1 Å². The van der Waals surface area contributed by atoms with Gasteiger partial charge in [-0.15, -0.1) is 0 Å². The average Bonchev–Trinajstić information content (AvgIpc) is 2.38. The first-order chi connectivity index (χ1) is 10.1. The first-order valence-corrected chi connectivity index (χ1v) is 7.66. The second kappa shape index (κ2) is 5.73. The van der Waals surface area contributed by atoms with Crippen LogP contribution in [0.2, 0.25) is 0 Å².